The molecule has 2 saturated carbocycles. The lowest BCUT2D eigenvalue weighted by molar-refractivity contribution is -0.0131. The van der Waals surface area contributed by atoms with Crippen LogP contribution in [0.4, 0.5) is 4.39 Å². The molecule has 2 aliphatic carbocycles. The first-order valence-electron chi connectivity index (χ1n) is 6.90. The van der Waals surface area contributed by atoms with E-state index in [1.165, 1.54) is 25.3 Å². The second kappa shape index (κ2) is 4.83. The van der Waals surface area contributed by atoms with Crippen molar-refractivity contribution in [2.45, 2.75) is 31.8 Å². The maximum atomic E-state index is 13.3. The van der Waals surface area contributed by atoms with Crippen LogP contribution in [-0.2, 0) is 0 Å². The van der Waals surface area contributed by atoms with Crippen molar-refractivity contribution in [1.82, 2.24) is 0 Å². The number of aliphatic hydroxyl groups excluding tert-OH is 1. The molecular weight excluding hydrogens is 309 g/mol. The van der Waals surface area contributed by atoms with E-state index in [9.17, 15) is 9.50 Å². The highest BCUT2D eigenvalue weighted by Crippen LogP contribution is 2.60. The average molecular weight is 328 g/mol. The fourth-order valence-corrected chi connectivity index (χ4v) is 4.59. The predicted octanol–water partition coefficient (Wildman–Crippen LogP) is 3.39. The summed E-state index contributed by atoms with van der Waals surface area (Å²) in [6, 6.07) is 4.76. The molecule has 0 amide bonds. The lowest BCUT2D eigenvalue weighted by atomic mass is 9.67. The fourth-order valence-electron chi connectivity index (χ4n) is 4.20. The summed E-state index contributed by atoms with van der Waals surface area (Å²) in [5.41, 5.74) is 6.58. The van der Waals surface area contributed by atoms with E-state index in [1.54, 1.807) is 12.1 Å². The van der Waals surface area contributed by atoms with Crippen molar-refractivity contribution < 1.29 is 9.50 Å². The van der Waals surface area contributed by atoms with E-state index in [0.29, 0.717) is 22.9 Å². The van der Waals surface area contributed by atoms with Gasteiger partial charge in [0.25, 0.3) is 0 Å². The Bertz CT molecular complexity index is 495. The summed E-state index contributed by atoms with van der Waals surface area (Å²) in [6.07, 6.45) is 4.04. The maximum absolute atomic E-state index is 13.3. The van der Waals surface area contributed by atoms with Crippen molar-refractivity contribution >= 4 is 15.9 Å². The number of fused-ring (bicyclic) bond motifs is 2. The molecule has 2 bridgehead atoms. The maximum Gasteiger partial charge on any atom is 0.137 e. The third kappa shape index (κ3) is 2.05. The van der Waals surface area contributed by atoms with E-state index < -0.39 is 6.10 Å². The van der Waals surface area contributed by atoms with Gasteiger partial charge in [0.05, 0.1) is 10.6 Å². The number of hydrogen-bond donors (Lipinski definition) is 2. The van der Waals surface area contributed by atoms with Gasteiger partial charge in [-0.05, 0) is 64.7 Å². The summed E-state index contributed by atoms with van der Waals surface area (Å²) in [7, 11) is 0. The van der Waals surface area contributed by atoms with Gasteiger partial charge in [-0.2, -0.15) is 0 Å². The topological polar surface area (TPSA) is 46.2 Å². The molecule has 2 nitrogen and oxygen atoms in total. The quantitative estimate of drug-likeness (QED) is 0.893. The normalized spacial score (nSPS) is 34.7. The molecule has 2 aliphatic rings. The minimum Gasteiger partial charge on any atom is -0.388 e. The Hall–Kier alpha value is -0.450. The highest BCUT2D eigenvalue weighted by Gasteiger charge is 2.54. The second-order valence-corrected chi connectivity index (χ2v) is 6.95. The first kappa shape index (κ1) is 13.5. The van der Waals surface area contributed by atoms with Crippen molar-refractivity contribution in [1.29, 1.82) is 0 Å². The zero-order chi connectivity index (χ0) is 13.6. The minimum atomic E-state index is -0.593. The van der Waals surface area contributed by atoms with E-state index >= 15 is 0 Å². The van der Waals surface area contributed by atoms with Crippen molar-refractivity contribution in [2.24, 2.45) is 23.0 Å². The predicted molar refractivity (Wildman–Crippen MR) is 76.0 cm³/mol. The van der Waals surface area contributed by atoms with E-state index in [2.05, 4.69) is 15.9 Å². The van der Waals surface area contributed by atoms with E-state index in [-0.39, 0.29) is 11.2 Å². The van der Waals surface area contributed by atoms with Gasteiger partial charge in [0, 0.05) is 12.0 Å². The van der Waals surface area contributed by atoms with E-state index in [4.69, 9.17) is 5.73 Å². The van der Waals surface area contributed by atoms with E-state index in [0.717, 1.165) is 12.0 Å². The van der Waals surface area contributed by atoms with Crippen molar-refractivity contribution in [3.63, 3.8) is 0 Å². The molecule has 0 spiro atoms. The molecule has 3 N–H and O–H groups in total. The van der Waals surface area contributed by atoms with Crippen LogP contribution in [0.5, 0.6) is 0 Å². The summed E-state index contributed by atoms with van der Waals surface area (Å²) >= 11 is 3.19. The van der Waals surface area contributed by atoms with Gasteiger partial charge in [-0.25, -0.2) is 4.39 Å². The van der Waals surface area contributed by atoms with Crippen LogP contribution in [0.1, 0.15) is 37.4 Å². The van der Waals surface area contributed by atoms with E-state index in [1.807, 2.05) is 0 Å². The largest absolute Gasteiger partial charge is 0.388 e. The average Bonchev–Trinajstić information content (AvgIpc) is 3.02. The molecule has 3 rings (SSSR count). The Morgan fingerprint density at radius 3 is 2.79 bits per heavy atom. The van der Waals surface area contributed by atoms with Gasteiger partial charge in [-0.3, -0.25) is 0 Å². The molecule has 4 unspecified atom stereocenters. The van der Waals surface area contributed by atoms with Crippen LogP contribution in [0.15, 0.2) is 22.7 Å². The van der Waals surface area contributed by atoms with Gasteiger partial charge < -0.3 is 10.8 Å². The van der Waals surface area contributed by atoms with Gasteiger partial charge in [-0.15, -0.1) is 0 Å². The summed E-state index contributed by atoms with van der Waals surface area (Å²) < 4.78 is 13.7. The van der Waals surface area contributed by atoms with Crippen LogP contribution in [0, 0.1) is 23.1 Å². The lowest BCUT2D eigenvalue weighted by Crippen LogP contribution is -2.41. The van der Waals surface area contributed by atoms with Gasteiger partial charge in [0.15, 0.2) is 0 Å². The van der Waals surface area contributed by atoms with Crippen LogP contribution < -0.4 is 5.73 Å². The Labute approximate surface area is 121 Å². The molecule has 1 aromatic rings. The van der Waals surface area contributed by atoms with Crippen LogP contribution >= 0.6 is 15.9 Å². The number of rotatable bonds is 3. The standard InChI is InChI=1S/C15H19BrFNO/c16-12-6-10(2-4-13(12)17)14(19)15(8-18)7-9-1-3-11(15)5-9/h2,4,6,9,11,14,19H,1,3,5,7-8,18H2. The number of halogens is 2. The third-order valence-corrected chi connectivity index (χ3v) is 5.81. The summed E-state index contributed by atoms with van der Waals surface area (Å²) in [4.78, 5) is 0. The zero-order valence-corrected chi connectivity index (χ0v) is 12.4. The molecule has 0 saturated heterocycles. The third-order valence-electron chi connectivity index (χ3n) is 5.21. The molecule has 2 fully saturated rings. The fraction of sp³-hybridized carbons (Fsp3) is 0.600. The second-order valence-electron chi connectivity index (χ2n) is 6.09. The molecule has 4 heteroatoms. The Kier molecular flexibility index (Phi) is 3.44. The summed E-state index contributed by atoms with van der Waals surface area (Å²) in [6.45, 7) is 0.504. The molecule has 1 aromatic carbocycles. The number of nitrogens with two attached hydrogens (primary N) is 1. The van der Waals surface area contributed by atoms with Gasteiger partial charge in [0.2, 0.25) is 0 Å². The first-order chi connectivity index (χ1) is 9.06. The smallest absolute Gasteiger partial charge is 0.137 e. The number of hydrogen-bond acceptors (Lipinski definition) is 2. The summed E-state index contributed by atoms with van der Waals surface area (Å²) in [5.74, 6) is 0.930. The van der Waals surface area contributed by atoms with Gasteiger partial charge in [-0.1, -0.05) is 12.5 Å². The molecule has 4 atom stereocenters. The Balaban J connectivity index is 1.93. The highest BCUT2D eigenvalue weighted by atomic mass is 79.9. The lowest BCUT2D eigenvalue weighted by Gasteiger charge is -2.41. The van der Waals surface area contributed by atoms with Crippen LogP contribution in [0.25, 0.3) is 0 Å². The zero-order valence-electron chi connectivity index (χ0n) is 10.8. The Morgan fingerprint density at radius 1 is 1.47 bits per heavy atom. The van der Waals surface area contributed by atoms with Crippen molar-refractivity contribution in [3.05, 3.63) is 34.1 Å². The molecule has 19 heavy (non-hydrogen) atoms. The first-order valence-corrected chi connectivity index (χ1v) is 7.69. The number of aliphatic hydroxyl groups is 1. The molecule has 0 aliphatic heterocycles. The molecule has 0 heterocycles. The van der Waals surface area contributed by atoms with Gasteiger partial charge in [0.1, 0.15) is 5.82 Å². The molecule has 0 aromatic heterocycles. The minimum absolute atomic E-state index is 0.208. The van der Waals surface area contributed by atoms with Crippen LogP contribution in [0.3, 0.4) is 0 Å². The molecule has 0 radical (unpaired) electrons. The van der Waals surface area contributed by atoms with Crippen molar-refractivity contribution in [2.75, 3.05) is 6.54 Å². The van der Waals surface area contributed by atoms with Gasteiger partial charge >= 0.3 is 0 Å². The molecule has 104 valence electrons. The van der Waals surface area contributed by atoms with Crippen molar-refractivity contribution in [3.8, 4) is 0 Å². The molecular formula is C15H19BrFNO. The summed E-state index contributed by atoms with van der Waals surface area (Å²) in [5, 5.41) is 10.8. The highest BCUT2D eigenvalue weighted by molar-refractivity contribution is 9.10. The van der Waals surface area contributed by atoms with Crippen LogP contribution in [0.2, 0.25) is 0 Å². The van der Waals surface area contributed by atoms with Crippen LogP contribution in [-0.4, -0.2) is 11.7 Å². The Morgan fingerprint density at radius 2 is 2.26 bits per heavy atom. The number of benzene rings is 1. The SMILES string of the molecule is NCC1(C(O)c2ccc(F)c(Br)c2)CC2CCC1C2. The monoisotopic (exact) mass is 327 g/mol.